The predicted octanol–water partition coefficient (Wildman–Crippen LogP) is 2.10. The second-order valence-electron chi connectivity index (χ2n) is 6.14. The van der Waals surface area contributed by atoms with Gasteiger partial charge in [0.25, 0.3) is 5.91 Å². The number of unbranched alkanes of at least 4 members (excludes halogenated alkanes) is 1. The van der Waals surface area contributed by atoms with Gasteiger partial charge in [-0.1, -0.05) is 29.3 Å². The molecule has 0 aliphatic carbocycles. The molecule has 2 rings (SSSR count). The number of carbonyl (C=O) groups excluding carboxylic acids is 3. The number of hydrogen-bond acceptors (Lipinski definition) is 6. The number of nitrogens with one attached hydrogen (secondary N) is 3. The number of halogens is 1. The fourth-order valence-electron chi connectivity index (χ4n) is 2.22. The van der Waals surface area contributed by atoms with E-state index in [9.17, 15) is 14.4 Å². The molecule has 0 aliphatic rings. The molecular weight excluding hydrogens is 456 g/mol. The first-order valence-corrected chi connectivity index (χ1v) is 10.1. The number of rotatable bonds is 10. The second kappa shape index (κ2) is 12.4. The molecule has 160 valence electrons. The van der Waals surface area contributed by atoms with Gasteiger partial charge in [0.1, 0.15) is 11.5 Å². The van der Waals surface area contributed by atoms with Gasteiger partial charge in [-0.15, -0.1) is 0 Å². The maximum atomic E-state index is 12.0. The number of furan rings is 1. The van der Waals surface area contributed by atoms with E-state index in [2.05, 4.69) is 37.1 Å². The van der Waals surface area contributed by atoms with Gasteiger partial charge in [-0.3, -0.25) is 14.4 Å². The molecule has 0 unspecified atom stereocenters. The fraction of sp³-hybridized carbons (Fsp3) is 0.300. The van der Waals surface area contributed by atoms with Gasteiger partial charge in [-0.2, -0.15) is 5.10 Å². The van der Waals surface area contributed by atoms with E-state index in [-0.39, 0.29) is 19.1 Å². The van der Waals surface area contributed by atoms with Gasteiger partial charge in [-0.25, -0.2) is 5.43 Å². The molecule has 3 N–H and O–H groups in total. The van der Waals surface area contributed by atoms with E-state index in [1.807, 2.05) is 6.92 Å². The van der Waals surface area contributed by atoms with Crippen molar-refractivity contribution in [3.63, 3.8) is 0 Å². The van der Waals surface area contributed by atoms with Crippen LogP contribution in [0.1, 0.15) is 31.1 Å². The molecule has 1 aromatic carbocycles. The lowest BCUT2D eigenvalue weighted by atomic mass is 10.2. The zero-order valence-corrected chi connectivity index (χ0v) is 18.0. The van der Waals surface area contributed by atoms with Crippen molar-refractivity contribution >= 4 is 39.9 Å². The van der Waals surface area contributed by atoms with Gasteiger partial charge in [0.05, 0.1) is 19.0 Å². The standard InChI is InChI=1S/C20H23BrN4O5/c1-2-3-8-22-19(27)20(28)25-24-11-14-10-15(21)6-7-17(14)30-13-18(26)23-12-16-5-4-9-29-16/h4-7,9-11H,2-3,8,12-13H2,1H3,(H,22,27)(H,23,26)(H,25,28)/b24-11-. The Hall–Kier alpha value is -3.14. The van der Waals surface area contributed by atoms with Crippen LogP contribution in [0.15, 0.2) is 50.6 Å². The molecule has 2 aromatic rings. The van der Waals surface area contributed by atoms with Crippen LogP contribution in [0.5, 0.6) is 5.75 Å². The number of benzene rings is 1. The minimum Gasteiger partial charge on any atom is -0.483 e. The molecule has 0 fully saturated rings. The summed E-state index contributed by atoms with van der Waals surface area (Å²) in [6.45, 7) is 2.46. The van der Waals surface area contributed by atoms with Crippen LogP contribution >= 0.6 is 15.9 Å². The highest BCUT2D eigenvalue weighted by atomic mass is 79.9. The molecule has 0 spiro atoms. The van der Waals surface area contributed by atoms with Crippen molar-refractivity contribution < 1.29 is 23.5 Å². The Morgan fingerprint density at radius 1 is 1.20 bits per heavy atom. The molecule has 30 heavy (non-hydrogen) atoms. The monoisotopic (exact) mass is 478 g/mol. The third-order valence-electron chi connectivity index (χ3n) is 3.76. The summed E-state index contributed by atoms with van der Waals surface area (Å²) >= 11 is 3.34. The van der Waals surface area contributed by atoms with E-state index in [1.54, 1.807) is 30.3 Å². The molecule has 9 nitrogen and oxygen atoms in total. The number of ether oxygens (including phenoxy) is 1. The van der Waals surface area contributed by atoms with Crippen molar-refractivity contribution in [2.75, 3.05) is 13.2 Å². The highest BCUT2D eigenvalue weighted by Gasteiger charge is 2.12. The summed E-state index contributed by atoms with van der Waals surface area (Å²) in [4.78, 5) is 35.3. The molecule has 0 saturated heterocycles. The first-order chi connectivity index (χ1) is 14.5. The van der Waals surface area contributed by atoms with Crippen LogP contribution in [0.3, 0.4) is 0 Å². The summed E-state index contributed by atoms with van der Waals surface area (Å²) in [6, 6.07) is 8.59. The number of nitrogens with zero attached hydrogens (tertiary/aromatic N) is 1. The van der Waals surface area contributed by atoms with E-state index in [1.165, 1.54) is 12.5 Å². The fourth-order valence-corrected chi connectivity index (χ4v) is 2.59. The number of carbonyl (C=O) groups is 3. The van der Waals surface area contributed by atoms with Crippen LogP contribution in [0.4, 0.5) is 0 Å². The Morgan fingerprint density at radius 3 is 2.77 bits per heavy atom. The summed E-state index contributed by atoms with van der Waals surface area (Å²) in [5.41, 5.74) is 2.67. The average Bonchev–Trinajstić information content (AvgIpc) is 3.25. The van der Waals surface area contributed by atoms with Gasteiger partial charge in [0.2, 0.25) is 0 Å². The first kappa shape index (κ1) is 23.1. The zero-order valence-electron chi connectivity index (χ0n) is 16.4. The van der Waals surface area contributed by atoms with Crippen molar-refractivity contribution in [1.82, 2.24) is 16.1 Å². The largest absolute Gasteiger partial charge is 0.483 e. The quantitative estimate of drug-likeness (QED) is 0.209. The molecule has 10 heteroatoms. The lowest BCUT2D eigenvalue weighted by Crippen LogP contribution is -2.38. The summed E-state index contributed by atoms with van der Waals surface area (Å²) in [6.07, 6.45) is 4.56. The van der Waals surface area contributed by atoms with Crippen LogP contribution in [0.2, 0.25) is 0 Å². The summed E-state index contributed by atoms with van der Waals surface area (Å²) in [5, 5.41) is 8.97. The van der Waals surface area contributed by atoms with Crippen molar-refractivity contribution in [3.05, 3.63) is 52.4 Å². The normalized spacial score (nSPS) is 10.6. The van der Waals surface area contributed by atoms with E-state index < -0.39 is 11.8 Å². The lowest BCUT2D eigenvalue weighted by Gasteiger charge is -2.09. The van der Waals surface area contributed by atoms with Crippen LogP contribution in [0, 0.1) is 0 Å². The zero-order chi connectivity index (χ0) is 21.8. The van der Waals surface area contributed by atoms with Crippen molar-refractivity contribution in [2.24, 2.45) is 5.10 Å². The van der Waals surface area contributed by atoms with E-state index in [0.29, 0.717) is 23.6 Å². The third kappa shape index (κ3) is 8.08. The van der Waals surface area contributed by atoms with Crippen LogP contribution < -0.4 is 20.8 Å². The van der Waals surface area contributed by atoms with Crippen molar-refractivity contribution in [3.8, 4) is 5.75 Å². The summed E-state index contributed by atoms with van der Waals surface area (Å²) < 4.78 is 11.4. The Bertz CT molecular complexity index is 883. The highest BCUT2D eigenvalue weighted by Crippen LogP contribution is 2.21. The topological polar surface area (TPSA) is 122 Å². The number of hydrogen-bond donors (Lipinski definition) is 3. The second-order valence-corrected chi connectivity index (χ2v) is 7.05. The molecular formula is C20H23BrN4O5. The Kier molecular flexibility index (Phi) is 9.59. The minimum absolute atomic E-state index is 0.213. The maximum Gasteiger partial charge on any atom is 0.329 e. The molecule has 1 heterocycles. The summed E-state index contributed by atoms with van der Waals surface area (Å²) in [7, 11) is 0. The van der Waals surface area contributed by atoms with Gasteiger partial charge in [0.15, 0.2) is 6.61 Å². The predicted molar refractivity (Wildman–Crippen MR) is 114 cm³/mol. The molecule has 0 bridgehead atoms. The van der Waals surface area contributed by atoms with E-state index >= 15 is 0 Å². The Morgan fingerprint density at radius 2 is 2.03 bits per heavy atom. The van der Waals surface area contributed by atoms with Crippen LogP contribution in [-0.4, -0.2) is 37.1 Å². The molecule has 0 radical (unpaired) electrons. The molecule has 1 aromatic heterocycles. The Labute approximate surface area is 182 Å². The first-order valence-electron chi connectivity index (χ1n) is 9.32. The lowest BCUT2D eigenvalue weighted by molar-refractivity contribution is -0.139. The summed E-state index contributed by atoms with van der Waals surface area (Å²) in [5.74, 6) is -0.919. The van der Waals surface area contributed by atoms with Gasteiger partial charge in [0, 0.05) is 16.6 Å². The highest BCUT2D eigenvalue weighted by molar-refractivity contribution is 9.10. The molecule has 0 atom stereocenters. The van der Waals surface area contributed by atoms with Crippen molar-refractivity contribution in [1.29, 1.82) is 0 Å². The van der Waals surface area contributed by atoms with E-state index in [4.69, 9.17) is 9.15 Å². The van der Waals surface area contributed by atoms with E-state index in [0.717, 1.165) is 17.3 Å². The van der Waals surface area contributed by atoms with Crippen LogP contribution in [0.25, 0.3) is 0 Å². The minimum atomic E-state index is -0.864. The smallest absolute Gasteiger partial charge is 0.329 e. The number of amides is 3. The third-order valence-corrected chi connectivity index (χ3v) is 4.26. The van der Waals surface area contributed by atoms with Gasteiger partial charge < -0.3 is 19.8 Å². The van der Waals surface area contributed by atoms with Gasteiger partial charge >= 0.3 is 11.8 Å². The molecule has 0 saturated carbocycles. The SMILES string of the molecule is CCCCNC(=O)C(=O)N/N=C\c1cc(Br)ccc1OCC(=O)NCc1ccco1. The molecule has 0 aliphatic heterocycles. The van der Waals surface area contributed by atoms with Crippen molar-refractivity contribution in [2.45, 2.75) is 26.3 Å². The van der Waals surface area contributed by atoms with Crippen LogP contribution in [-0.2, 0) is 20.9 Å². The Balaban J connectivity index is 1.87. The molecule has 3 amide bonds. The van der Waals surface area contributed by atoms with Gasteiger partial charge in [-0.05, 0) is 36.8 Å². The maximum absolute atomic E-state index is 12.0. The average molecular weight is 479 g/mol. The number of hydrazone groups is 1.